The molecule has 0 bridgehead atoms. The SMILES string of the molecule is C=C(CCCCCC)S(=O)(=O)CCC[N+](C)(C)C. The molecular weight excluding hydrogens is 246 g/mol. The highest BCUT2D eigenvalue weighted by molar-refractivity contribution is 7.95. The maximum Gasteiger partial charge on any atom is 0.174 e. The van der Waals surface area contributed by atoms with Crippen LogP contribution in [0.25, 0.3) is 0 Å². The molecule has 0 radical (unpaired) electrons. The van der Waals surface area contributed by atoms with Crippen LogP contribution in [0, 0.1) is 0 Å². The Morgan fingerprint density at radius 1 is 1.06 bits per heavy atom. The topological polar surface area (TPSA) is 34.1 Å². The molecule has 0 aromatic rings. The Labute approximate surface area is 113 Å². The lowest BCUT2D eigenvalue weighted by Gasteiger charge is -2.23. The summed E-state index contributed by atoms with van der Waals surface area (Å²) in [7, 11) is 3.15. The van der Waals surface area contributed by atoms with E-state index in [1.165, 1.54) is 12.8 Å². The number of allylic oxidation sites excluding steroid dienone is 1. The predicted octanol–water partition coefficient (Wildman–Crippen LogP) is 2.98. The van der Waals surface area contributed by atoms with Gasteiger partial charge in [-0.1, -0.05) is 32.8 Å². The zero-order chi connectivity index (χ0) is 14.2. The summed E-state index contributed by atoms with van der Waals surface area (Å²) in [6.07, 6.45) is 5.73. The van der Waals surface area contributed by atoms with Crippen LogP contribution in [0.2, 0.25) is 0 Å². The molecule has 18 heavy (non-hydrogen) atoms. The molecule has 0 aliphatic carbocycles. The Balaban J connectivity index is 4.01. The van der Waals surface area contributed by atoms with Crippen molar-refractivity contribution in [2.45, 2.75) is 45.4 Å². The summed E-state index contributed by atoms with van der Waals surface area (Å²) in [4.78, 5) is 0.431. The molecule has 0 aliphatic heterocycles. The maximum absolute atomic E-state index is 12.0. The highest BCUT2D eigenvalue weighted by Gasteiger charge is 2.17. The van der Waals surface area contributed by atoms with Crippen LogP contribution in [0.1, 0.15) is 45.4 Å². The summed E-state index contributed by atoms with van der Waals surface area (Å²) in [6, 6.07) is 0. The fourth-order valence-corrected chi connectivity index (χ4v) is 3.03. The fraction of sp³-hybridized carbons (Fsp3) is 0.857. The van der Waals surface area contributed by atoms with E-state index in [0.29, 0.717) is 17.7 Å². The van der Waals surface area contributed by atoms with Gasteiger partial charge in [0.2, 0.25) is 0 Å². The molecule has 0 aromatic heterocycles. The summed E-state index contributed by atoms with van der Waals surface area (Å²) in [5.41, 5.74) is 0. The van der Waals surface area contributed by atoms with Gasteiger partial charge in [0.25, 0.3) is 0 Å². The number of quaternary nitrogens is 1. The van der Waals surface area contributed by atoms with Crippen molar-refractivity contribution in [3.63, 3.8) is 0 Å². The van der Waals surface area contributed by atoms with Gasteiger partial charge in [0.15, 0.2) is 9.84 Å². The number of nitrogens with zero attached hydrogens (tertiary/aromatic N) is 1. The van der Waals surface area contributed by atoms with Crippen molar-refractivity contribution in [3.05, 3.63) is 11.5 Å². The minimum Gasteiger partial charge on any atom is -0.331 e. The Morgan fingerprint density at radius 3 is 2.17 bits per heavy atom. The van der Waals surface area contributed by atoms with E-state index in [4.69, 9.17) is 0 Å². The summed E-state index contributed by atoms with van der Waals surface area (Å²) in [6.45, 7) is 6.77. The average Bonchev–Trinajstić information content (AvgIpc) is 2.21. The van der Waals surface area contributed by atoms with Gasteiger partial charge in [-0.25, -0.2) is 8.42 Å². The Morgan fingerprint density at radius 2 is 1.67 bits per heavy atom. The summed E-state index contributed by atoms with van der Waals surface area (Å²) in [5.74, 6) is 0.245. The van der Waals surface area contributed by atoms with Crippen molar-refractivity contribution in [1.29, 1.82) is 0 Å². The van der Waals surface area contributed by atoms with E-state index >= 15 is 0 Å². The Bertz CT molecular complexity index is 339. The van der Waals surface area contributed by atoms with Gasteiger partial charge in [-0.2, -0.15) is 0 Å². The van der Waals surface area contributed by atoms with Crippen molar-refractivity contribution >= 4 is 9.84 Å². The van der Waals surface area contributed by atoms with Crippen molar-refractivity contribution < 1.29 is 12.9 Å². The van der Waals surface area contributed by atoms with Gasteiger partial charge in [0.05, 0.1) is 33.4 Å². The smallest absolute Gasteiger partial charge is 0.174 e. The van der Waals surface area contributed by atoms with Crippen LogP contribution >= 0.6 is 0 Å². The molecule has 0 aliphatic rings. The van der Waals surface area contributed by atoms with Crippen LogP contribution < -0.4 is 0 Å². The van der Waals surface area contributed by atoms with E-state index in [2.05, 4.69) is 34.6 Å². The molecule has 0 heterocycles. The second kappa shape index (κ2) is 7.95. The molecule has 0 saturated heterocycles. The van der Waals surface area contributed by atoms with Gasteiger partial charge in [-0.15, -0.1) is 0 Å². The van der Waals surface area contributed by atoms with Crippen molar-refractivity contribution in [3.8, 4) is 0 Å². The molecule has 3 nitrogen and oxygen atoms in total. The van der Waals surface area contributed by atoms with E-state index in [0.717, 1.165) is 23.9 Å². The molecule has 0 atom stereocenters. The standard InChI is InChI=1S/C14H30NO2S/c1-6-7-8-9-11-14(2)18(16,17)13-10-12-15(3,4)5/h2,6-13H2,1,3-5H3/q+1. The van der Waals surface area contributed by atoms with Gasteiger partial charge in [-0.05, 0) is 12.8 Å². The van der Waals surface area contributed by atoms with Gasteiger partial charge in [-0.3, -0.25) is 0 Å². The summed E-state index contributed by atoms with van der Waals surface area (Å²) >= 11 is 0. The van der Waals surface area contributed by atoms with Gasteiger partial charge in [0.1, 0.15) is 0 Å². The maximum atomic E-state index is 12.0. The molecular formula is C14H30NO2S+. The van der Waals surface area contributed by atoms with Crippen LogP contribution in [0.3, 0.4) is 0 Å². The first-order chi connectivity index (χ1) is 8.19. The van der Waals surface area contributed by atoms with E-state index < -0.39 is 9.84 Å². The monoisotopic (exact) mass is 276 g/mol. The van der Waals surface area contributed by atoms with Crippen LogP contribution in [0.4, 0.5) is 0 Å². The van der Waals surface area contributed by atoms with Crippen molar-refractivity contribution in [2.24, 2.45) is 0 Å². The van der Waals surface area contributed by atoms with Gasteiger partial charge in [0, 0.05) is 11.3 Å². The third-order valence-corrected chi connectivity index (χ3v) is 4.90. The lowest BCUT2D eigenvalue weighted by atomic mass is 10.1. The lowest BCUT2D eigenvalue weighted by Crippen LogP contribution is -2.36. The number of hydrogen-bond acceptors (Lipinski definition) is 2. The van der Waals surface area contributed by atoms with Gasteiger partial charge >= 0.3 is 0 Å². The summed E-state index contributed by atoms with van der Waals surface area (Å²) < 4.78 is 24.8. The number of unbranched alkanes of at least 4 members (excludes halogenated alkanes) is 3. The number of sulfone groups is 1. The molecule has 108 valence electrons. The molecule has 4 heteroatoms. The number of hydrogen-bond donors (Lipinski definition) is 0. The van der Waals surface area contributed by atoms with E-state index in [1.54, 1.807) is 0 Å². The van der Waals surface area contributed by atoms with E-state index in [-0.39, 0.29) is 5.75 Å². The Hall–Kier alpha value is -0.350. The fourth-order valence-electron chi connectivity index (χ4n) is 1.78. The molecule has 0 unspecified atom stereocenters. The highest BCUT2D eigenvalue weighted by Crippen LogP contribution is 2.16. The average molecular weight is 276 g/mol. The largest absolute Gasteiger partial charge is 0.331 e. The third-order valence-electron chi connectivity index (χ3n) is 2.99. The van der Waals surface area contributed by atoms with Crippen LogP contribution in [-0.2, 0) is 9.84 Å². The molecule has 0 saturated carbocycles. The second-order valence-corrected chi connectivity index (χ2v) is 8.25. The number of rotatable bonds is 10. The minimum atomic E-state index is -3.07. The van der Waals surface area contributed by atoms with Crippen LogP contribution in [0.5, 0.6) is 0 Å². The Kier molecular flexibility index (Phi) is 7.79. The third kappa shape index (κ3) is 8.70. The molecule has 0 amide bonds. The van der Waals surface area contributed by atoms with Crippen LogP contribution in [0.15, 0.2) is 11.5 Å². The minimum absolute atomic E-state index is 0.245. The van der Waals surface area contributed by atoms with E-state index in [9.17, 15) is 8.42 Å². The van der Waals surface area contributed by atoms with Gasteiger partial charge < -0.3 is 4.48 Å². The molecule has 0 N–H and O–H groups in total. The first-order valence-corrected chi connectivity index (χ1v) is 8.55. The lowest BCUT2D eigenvalue weighted by molar-refractivity contribution is -0.870. The summed E-state index contributed by atoms with van der Waals surface area (Å²) in [5, 5.41) is 0. The molecule has 0 rings (SSSR count). The molecule has 0 aromatic carbocycles. The van der Waals surface area contributed by atoms with Crippen molar-refractivity contribution in [1.82, 2.24) is 0 Å². The molecule has 0 spiro atoms. The first kappa shape index (κ1) is 17.6. The first-order valence-electron chi connectivity index (χ1n) is 6.90. The highest BCUT2D eigenvalue weighted by atomic mass is 32.2. The zero-order valence-corrected chi connectivity index (χ0v) is 13.4. The van der Waals surface area contributed by atoms with Crippen LogP contribution in [-0.4, -0.2) is 46.3 Å². The van der Waals surface area contributed by atoms with Crippen molar-refractivity contribution in [2.75, 3.05) is 33.4 Å². The van der Waals surface area contributed by atoms with E-state index in [1.807, 2.05) is 0 Å². The predicted molar refractivity (Wildman–Crippen MR) is 79.2 cm³/mol. The molecule has 0 fully saturated rings. The zero-order valence-electron chi connectivity index (χ0n) is 12.5. The second-order valence-electron chi connectivity index (χ2n) is 6.04. The normalized spacial score (nSPS) is 12.7. The quantitative estimate of drug-likeness (QED) is 0.454.